The first-order chi connectivity index (χ1) is 15.4. The SMILES string of the molecule is COc1ccc(-c2nc(CCC(=O)c3ccccc3OCC(F)F)co2)cc1OC(C)C. The summed E-state index contributed by atoms with van der Waals surface area (Å²) in [7, 11) is 1.57. The van der Waals surface area contributed by atoms with Gasteiger partial charge in [-0.25, -0.2) is 13.8 Å². The molecule has 3 rings (SSSR count). The quantitative estimate of drug-likeness (QED) is 0.358. The molecule has 1 aromatic heterocycles. The number of aromatic nitrogens is 1. The first-order valence-electron chi connectivity index (χ1n) is 10.2. The lowest BCUT2D eigenvalue weighted by atomic mass is 10.0. The minimum atomic E-state index is -2.61. The number of aryl methyl sites for hydroxylation is 1. The molecular weight excluding hydrogens is 420 g/mol. The van der Waals surface area contributed by atoms with Crippen molar-refractivity contribution < 1.29 is 32.2 Å². The molecule has 8 heteroatoms. The zero-order chi connectivity index (χ0) is 23.1. The lowest BCUT2D eigenvalue weighted by Gasteiger charge is -2.13. The molecular formula is C24H25F2NO5. The topological polar surface area (TPSA) is 70.8 Å². The normalized spacial score (nSPS) is 11.1. The first kappa shape index (κ1) is 23.2. The van der Waals surface area contributed by atoms with Crippen LogP contribution in [-0.4, -0.2) is 37.0 Å². The molecule has 0 bridgehead atoms. The highest BCUT2D eigenvalue weighted by atomic mass is 19.3. The minimum absolute atomic E-state index is 0.0298. The van der Waals surface area contributed by atoms with E-state index in [2.05, 4.69) is 4.98 Å². The molecule has 0 spiro atoms. The molecule has 0 radical (unpaired) electrons. The number of alkyl halides is 2. The molecule has 1 heterocycles. The van der Waals surface area contributed by atoms with Crippen molar-refractivity contribution in [3.05, 3.63) is 60.0 Å². The zero-order valence-corrected chi connectivity index (χ0v) is 18.1. The number of Topliss-reactive ketones (excluding diaryl/α,β-unsaturated/α-hetero) is 1. The second kappa shape index (κ2) is 10.7. The number of rotatable bonds is 11. The molecule has 0 N–H and O–H groups in total. The smallest absolute Gasteiger partial charge is 0.272 e. The molecule has 0 aliphatic heterocycles. The van der Waals surface area contributed by atoms with Gasteiger partial charge in [-0.2, -0.15) is 0 Å². The van der Waals surface area contributed by atoms with Gasteiger partial charge in [-0.05, 0) is 44.2 Å². The van der Waals surface area contributed by atoms with Crippen molar-refractivity contribution in [3.63, 3.8) is 0 Å². The van der Waals surface area contributed by atoms with Crippen molar-refractivity contribution >= 4 is 5.78 Å². The van der Waals surface area contributed by atoms with E-state index in [9.17, 15) is 13.6 Å². The van der Waals surface area contributed by atoms with E-state index in [0.717, 1.165) is 0 Å². The van der Waals surface area contributed by atoms with Gasteiger partial charge in [0.05, 0.1) is 24.5 Å². The van der Waals surface area contributed by atoms with Crippen LogP contribution in [0.5, 0.6) is 17.2 Å². The van der Waals surface area contributed by atoms with Crippen LogP contribution >= 0.6 is 0 Å². The predicted molar refractivity (Wildman–Crippen MR) is 115 cm³/mol. The van der Waals surface area contributed by atoms with Gasteiger partial charge in [-0.3, -0.25) is 4.79 Å². The molecule has 0 saturated carbocycles. The van der Waals surface area contributed by atoms with E-state index in [1.54, 1.807) is 37.4 Å². The molecule has 0 saturated heterocycles. The molecule has 0 aliphatic carbocycles. The van der Waals surface area contributed by atoms with Crippen molar-refractivity contribution in [1.29, 1.82) is 0 Å². The summed E-state index contributed by atoms with van der Waals surface area (Å²) in [5, 5.41) is 0. The Morgan fingerprint density at radius 1 is 1.09 bits per heavy atom. The van der Waals surface area contributed by atoms with Gasteiger partial charge in [0, 0.05) is 18.4 Å². The van der Waals surface area contributed by atoms with E-state index in [1.807, 2.05) is 19.9 Å². The molecule has 3 aromatic rings. The number of ether oxygens (including phenoxy) is 3. The summed E-state index contributed by atoms with van der Waals surface area (Å²) in [4.78, 5) is 17.1. The molecule has 0 atom stereocenters. The third-order valence-electron chi connectivity index (χ3n) is 4.49. The van der Waals surface area contributed by atoms with Gasteiger partial charge in [0.25, 0.3) is 6.43 Å². The Morgan fingerprint density at radius 3 is 2.59 bits per heavy atom. The average molecular weight is 445 g/mol. The van der Waals surface area contributed by atoms with Crippen LogP contribution in [0.2, 0.25) is 0 Å². The van der Waals surface area contributed by atoms with Gasteiger partial charge in [0.1, 0.15) is 18.6 Å². The molecule has 0 amide bonds. The summed E-state index contributed by atoms with van der Waals surface area (Å²) in [6, 6.07) is 11.7. The van der Waals surface area contributed by atoms with Crippen LogP contribution in [0.15, 0.2) is 53.1 Å². The number of carbonyl (C=O) groups is 1. The minimum Gasteiger partial charge on any atom is -0.493 e. The maximum atomic E-state index is 12.6. The molecule has 0 aliphatic rings. The molecule has 6 nitrogen and oxygen atoms in total. The molecule has 32 heavy (non-hydrogen) atoms. The van der Waals surface area contributed by atoms with Gasteiger partial charge in [0.2, 0.25) is 5.89 Å². The Morgan fingerprint density at radius 2 is 1.88 bits per heavy atom. The predicted octanol–water partition coefficient (Wildman–Crippen LogP) is 5.60. The fourth-order valence-electron chi connectivity index (χ4n) is 3.06. The number of nitrogens with zero attached hydrogens (tertiary/aromatic N) is 1. The third-order valence-corrected chi connectivity index (χ3v) is 4.49. The van der Waals surface area contributed by atoms with E-state index < -0.39 is 13.0 Å². The maximum Gasteiger partial charge on any atom is 0.272 e. The van der Waals surface area contributed by atoms with Crippen LogP contribution in [-0.2, 0) is 6.42 Å². The lowest BCUT2D eigenvalue weighted by molar-refractivity contribution is 0.0799. The summed E-state index contributed by atoms with van der Waals surface area (Å²) in [6.07, 6.45) is -0.689. The number of carbonyl (C=O) groups excluding carboxylic acids is 1. The van der Waals surface area contributed by atoms with E-state index in [0.29, 0.717) is 35.1 Å². The largest absolute Gasteiger partial charge is 0.493 e. The summed E-state index contributed by atoms with van der Waals surface area (Å²) < 4.78 is 46.7. The van der Waals surface area contributed by atoms with Crippen molar-refractivity contribution in [1.82, 2.24) is 4.98 Å². The van der Waals surface area contributed by atoms with Crippen LogP contribution in [0.25, 0.3) is 11.5 Å². The highest BCUT2D eigenvalue weighted by Crippen LogP contribution is 2.33. The van der Waals surface area contributed by atoms with Gasteiger partial charge in [-0.1, -0.05) is 12.1 Å². The third kappa shape index (κ3) is 6.06. The van der Waals surface area contributed by atoms with Crippen LogP contribution in [0, 0.1) is 0 Å². The Kier molecular flexibility index (Phi) is 7.81. The number of para-hydroxylation sites is 1. The summed E-state index contributed by atoms with van der Waals surface area (Å²) in [5.41, 5.74) is 1.58. The van der Waals surface area contributed by atoms with Crippen LogP contribution in [0.4, 0.5) is 8.78 Å². The molecule has 0 fully saturated rings. The fourth-order valence-corrected chi connectivity index (χ4v) is 3.06. The van der Waals surface area contributed by atoms with Crippen molar-refractivity contribution in [2.45, 2.75) is 39.2 Å². The Balaban J connectivity index is 1.68. The van der Waals surface area contributed by atoms with Crippen LogP contribution in [0.1, 0.15) is 36.3 Å². The van der Waals surface area contributed by atoms with Gasteiger partial charge < -0.3 is 18.6 Å². The van der Waals surface area contributed by atoms with Gasteiger partial charge >= 0.3 is 0 Å². The van der Waals surface area contributed by atoms with E-state index in [-0.39, 0.29) is 29.6 Å². The number of benzene rings is 2. The first-order valence-corrected chi connectivity index (χ1v) is 10.2. The number of methoxy groups -OCH3 is 1. The van der Waals surface area contributed by atoms with E-state index in [1.165, 1.54) is 12.3 Å². The fraction of sp³-hybridized carbons (Fsp3) is 0.333. The van der Waals surface area contributed by atoms with Crippen LogP contribution in [0.3, 0.4) is 0 Å². The highest BCUT2D eigenvalue weighted by molar-refractivity contribution is 5.98. The Bertz CT molecular complexity index is 1050. The number of oxazole rings is 1. The second-order valence-electron chi connectivity index (χ2n) is 7.30. The average Bonchev–Trinajstić information content (AvgIpc) is 3.25. The number of halogens is 2. The Hall–Kier alpha value is -3.42. The van der Waals surface area contributed by atoms with Crippen molar-refractivity contribution in [3.8, 4) is 28.7 Å². The maximum absolute atomic E-state index is 12.6. The number of hydrogen-bond donors (Lipinski definition) is 0. The highest BCUT2D eigenvalue weighted by Gasteiger charge is 2.16. The summed E-state index contributed by atoms with van der Waals surface area (Å²) in [5.74, 6) is 1.50. The van der Waals surface area contributed by atoms with Crippen LogP contribution < -0.4 is 14.2 Å². The van der Waals surface area contributed by atoms with Gasteiger partial charge in [-0.15, -0.1) is 0 Å². The molecule has 0 unspecified atom stereocenters. The van der Waals surface area contributed by atoms with E-state index >= 15 is 0 Å². The lowest BCUT2D eigenvalue weighted by Crippen LogP contribution is -2.10. The van der Waals surface area contributed by atoms with E-state index in [4.69, 9.17) is 18.6 Å². The van der Waals surface area contributed by atoms with Crippen molar-refractivity contribution in [2.75, 3.05) is 13.7 Å². The monoisotopic (exact) mass is 445 g/mol. The van der Waals surface area contributed by atoms with Gasteiger partial charge in [0.15, 0.2) is 17.3 Å². The second-order valence-corrected chi connectivity index (χ2v) is 7.30. The number of ketones is 1. The Labute approximate surface area is 185 Å². The number of hydrogen-bond acceptors (Lipinski definition) is 6. The molecule has 170 valence electrons. The summed E-state index contributed by atoms with van der Waals surface area (Å²) in [6.45, 7) is 3.08. The zero-order valence-electron chi connectivity index (χ0n) is 18.1. The molecule has 2 aromatic carbocycles. The standard InChI is InChI=1S/C24H25F2NO5/c1-15(2)32-22-12-16(8-11-21(22)29-3)24-27-17(13-31-24)9-10-19(28)18-6-4-5-7-20(18)30-14-23(25)26/h4-8,11-13,15,23H,9-10,14H2,1-3H3. The summed E-state index contributed by atoms with van der Waals surface area (Å²) >= 11 is 0. The van der Waals surface area contributed by atoms with Crippen molar-refractivity contribution in [2.24, 2.45) is 0 Å².